The summed E-state index contributed by atoms with van der Waals surface area (Å²) in [5, 5.41) is 4.28. The first-order valence-electron chi connectivity index (χ1n) is 5.94. The molecule has 1 rings (SSSR count). The minimum Gasteiger partial charge on any atom is -0.465 e. The zero-order chi connectivity index (χ0) is 15.2. The van der Waals surface area contributed by atoms with Crippen molar-refractivity contribution >= 4 is 23.4 Å². The van der Waals surface area contributed by atoms with Gasteiger partial charge in [0.2, 0.25) is 0 Å². The van der Waals surface area contributed by atoms with E-state index in [9.17, 15) is 9.59 Å². The van der Waals surface area contributed by atoms with Gasteiger partial charge in [0.25, 0.3) is 0 Å². The first kappa shape index (κ1) is 16.1. The molecule has 0 aromatic carbocycles. The third-order valence-corrected chi connectivity index (χ3v) is 2.85. The molecule has 0 atom stereocenters. The van der Waals surface area contributed by atoms with Crippen LogP contribution in [-0.4, -0.2) is 31.3 Å². The summed E-state index contributed by atoms with van der Waals surface area (Å²) in [4.78, 5) is 23.1. The van der Waals surface area contributed by atoms with Crippen molar-refractivity contribution in [3.8, 4) is 11.8 Å². The Morgan fingerprint density at radius 2 is 2.10 bits per heavy atom. The van der Waals surface area contributed by atoms with Gasteiger partial charge in [-0.3, -0.25) is 0 Å². The van der Waals surface area contributed by atoms with Crippen molar-refractivity contribution in [3.63, 3.8) is 0 Å². The highest BCUT2D eigenvalue weighted by Gasteiger charge is 2.15. The number of esters is 1. The zero-order valence-electron chi connectivity index (χ0n) is 11.9. The second kappa shape index (κ2) is 6.96. The molecule has 0 saturated heterocycles. The number of hydrogen-bond donors (Lipinski definition) is 1. The number of carbonyl (C=O) groups is 2. The monoisotopic (exact) mass is 295 g/mol. The smallest absolute Gasteiger partial charge is 0.408 e. The highest BCUT2D eigenvalue weighted by Crippen LogP contribution is 2.14. The van der Waals surface area contributed by atoms with E-state index in [1.807, 2.05) is 0 Å². The van der Waals surface area contributed by atoms with Crippen LogP contribution in [0.2, 0.25) is 0 Å². The summed E-state index contributed by atoms with van der Waals surface area (Å²) in [7, 11) is 1.33. The van der Waals surface area contributed by atoms with Gasteiger partial charge in [-0.15, -0.1) is 11.3 Å². The SMILES string of the molecule is COC(=O)c1cc(C#CCNC(=O)OC(C)(C)C)cs1. The molecular formula is C14H17NO4S. The Morgan fingerprint density at radius 3 is 2.70 bits per heavy atom. The molecule has 0 radical (unpaired) electrons. The van der Waals surface area contributed by atoms with Crippen molar-refractivity contribution in [1.29, 1.82) is 0 Å². The van der Waals surface area contributed by atoms with Gasteiger partial charge in [0, 0.05) is 10.9 Å². The Kier molecular flexibility index (Phi) is 5.59. The maximum absolute atomic E-state index is 11.3. The second-order valence-electron chi connectivity index (χ2n) is 4.85. The molecule has 0 spiro atoms. The Hall–Kier alpha value is -2.00. The topological polar surface area (TPSA) is 64.6 Å². The number of methoxy groups -OCH3 is 1. The summed E-state index contributed by atoms with van der Waals surface area (Å²) in [6.45, 7) is 5.55. The van der Waals surface area contributed by atoms with E-state index >= 15 is 0 Å². The van der Waals surface area contributed by atoms with E-state index in [0.717, 1.165) is 0 Å². The van der Waals surface area contributed by atoms with Crippen LogP contribution in [0.3, 0.4) is 0 Å². The molecule has 0 aliphatic heterocycles. The van der Waals surface area contributed by atoms with Gasteiger partial charge in [-0.1, -0.05) is 11.8 Å². The molecule has 6 heteroatoms. The lowest BCUT2D eigenvalue weighted by Gasteiger charge is -2.18. The molecule has 1 amide bonds. The van der Waals surface area contributed by atoms with Gasteiger partial charge in [-0.2, -0.15) is 0 Å². The van der Waals surface area contributed by atoms with E-state index in [0.29, 0.717) is 10.4 Å². The first-order valence-corrected chi connectivity index (χ1v) is 6.82. The summed E-state index contributed by atoms with van der Waals surface area (Å²) in [6, 6.07) is 1.65. The molecule has 0 bridgehead atoms. The van der Waals surface area contributed by atoms with Crippen molar-refractivity contribution < 1.29 is 19.1 Å². The van der Waals surface area contributed by atoms with Crippen molar-refractivity contribution in [3.05, 3.63) is 21.9 Å². The maximum atomic E-state index is 11.3. The third-order valence-electron chi connectivity index (χ3n) is 1.94. The molecule has 0 fully saturated rings. The van der Waals surface area contributed by atoms with E-state index < -0.39 is 11.7 Å². The summed E-state index contributed by atoms with van der Waals surface area (Å²) < 4.78 is 9.67. The fourth-order valence-corrected chi connectivity index (χ4v) is 1.94. The number of hydrogen-bond acceptors (Lipinski definition) is 5. The van der Waals surface area contributed by atoms with E-state index in [-0.39, 0.29) is 12.5 Å². The van der Waals surface area contributed by atoms with E-state index in [1.54, 1.807) is 32.2 Å². The normalized spacial score (nSPS) is 10.2. The number of nitrogens with one attached hydrogen (secondary N) is 1. The third kappa shape index (κ3) is 5.76. The minimum atomic E-state index is -0.527. The number of thiophene rings is 1. The Balaban J connectivity index is 2.45. The van der Waals surface area contributed by atoms with Crippen LogP contribution in [0.1, 0.15) is 36.0 Å². The molecule has 0 saturated carbocycles. The number of alkyl carbamates (subject to hydrolysis) is 1. The van der Waals surface area contributed by atoms with Crippen LogP contribution in [0, 0.1) is 11.8 Å². The van der Waals surface area contributed by atoms with Gasteiger partial charge in [0.1, 0.15) is 10.5 Å². The number of carbonyl (C=O) groups excluding carboxylic acids is 2. The fraction of sp³-hybridized carbons (Fsp3) is 0.429. The molecule has 0 aliphatic rings. The van der Waals surface area contributed by atoms with Gasteiger partial charge in [0.05, 0.1) is 13.7 Å². The predicted octanol–water partition coefficient (Wildman–Crippen LogP) is 2.41. The van der Waals surface area contributed by atoms with Gasteiger partial charge in [0.15, 0.2) is 0 Å². The van der Waals surface area contributed by atoms with Gasteiger partial charge in [-0.25, -0.2) is 9.59 Å². The summed E-state index contributed by atoms with van der Waals surface area (Å²) >= 11 is 1.27. The van der Waals surface area contributed by atoms with E-state index in [1.165, 1.54) is 18.4 Å². The fourth-order valence-electron chi connectivity index (χ4n) is 1.19. The maximum Gasteiger partial charge on any atom is 0.408 e. The number of amides is 1. The van der Waals surface area contributed by atoms with Gasteiger partial charge in [-0.05, 0) is 26.8 Å². The molecule has 20 heavy (non-hydrogen) atoms. The molecule has 1 aromatic rings. The number of ether oxygens (including phenoxy) is 2. The average Bonchev–Trinajstić information content (AvgIpc) is 2.80. The molecule has 0 unspecified atom stereocenters. The lowest BCUT2D eigenvalue weighted by Crippen LogP contribution is -2.32. The van der Waals surface area contributed by atoms with Crippen LogP contribution in [-0.2, 0) is 9.47 Å². The van der Waals surface area contributed by atoms with E-state index in [2.05, 4.69) is 21.9 Å². The zero-order valence-corrected chi connectivity index (χ0v) is 12.7. The molecule has 108 valence electrons. The van der Waals surface area contributed by atoms with Gasteiger partial charge < -0.3 is 14.8 Å². The van der Waals surface area contributed by atoms with E-state index in [4.69, 9.17) is 4.74 Å². The molecular weight excluding hydrogens is 278 g/mol. The molecule has 5 nitrogen and oxygen atoms in total. The quantitative estimate of drug-likeness (QED) is 0.672. The molecule has 1 aromatic heterocycles. The van der Waals surface area contributed by atoms with Crippen LogP contribution in [0.5, 0.6) is 0 Å². The molecule has 1 heterocycles. The molecule has 1 N–H and O–H groups in total. The lowest BCUT2D eigenvalue weighted by molar-refractivity contribution is 0.0533. The first-order chi connectivity index (χ1) is 9.31. The van der Waals surface area contributed by atoms with Crippen molar-refractivity contribution in [2.45, 2.75) is 26.4 Å². The van der Waals surface area contributed by atoms with Crippen molar-refractivity contribution in [1.82, 2.24) is 5.32 Å². The lowest BCUT2D eigenvalue weighted by atomic mass is 10.2. The second-order valence-corrected chi connectivity index (χ2v) is 5.76. The summed E-state index contributed by atoms with van der Waals surface area (Å²) in [6.07, 6.45) is -0.507. The van der Waals surface area contributed by atoms with Crippen LogP contribution < -0.4 is 5.32 Å². The standard InChI is InChI=1S/C14H17NO4S/c1-14(2,3)19-13(17)15-7-5-6-10-8-11(20-9-10)12(16)18-4/h8-9H,7H2,1-4H3,(H,15,17). The van der Waals surface area contributed by atoms with Crippen LogP contribution in [0.25, 0.3) is 0 Å². The van der Waals surface area contributed by atoms with Crippen LogP contribution >= 0.6 is 11.3 Å². The summed E-state index contributed by atoms with van der Waals surface area (Å²) in [5.74, 6) is 5.25. The Bertz CT molecular complexity index is 546. The Labute approximate surface area is 122 Å². The highest BCUT2D eigenvalue weighted by molar-refractivity contribution is 7.12. The van der Waals surface area contributed by atoms with Crippen LogP contribution in [0.15, 0.2) is 11.4 Å². The average molecular weight is 295 g/mol. The largest absolute Gasteiger partial charge is 0.465 e. The number of rotatable bonds is 2. The summed E-state index contributed by atoms with van der Waals surface area (Å²) in [5.41, 5.74) is 0.182. The van der Waals surface area contributed by atoms with Crippen molar-refractivity contribution in [2.24, 2.45) is 0 Å². The highest BCUT2D eigenvalue weighted by atomic mass is 32.1. The Morgan fingerprint density at radius 1 is 1.40 bits per heavy atom. The van der Waals surface area contributed by atoms with Crippen LogP contribution in [0.4, 0.5) is 4.79 Å². The van der Waals surface area contributed by atoms with Crippen molar-refractivity contribution in [2.75, 3.05) is 13.7 Å². The minimum absolute atomic E-state index is 0.179. The van der Waals surface area contributed by atoms with Gasteiger partial charge >= 0.3 is 12.1 Å². The molecule has 0 aliphatic carbocycles. The predicted molar refractivity (Wildman–Crippen MR) is 76.8 cm³/mol.